The van der Waals surface area contributed by atoms with Gasteiger partial charge in [-0.05, 0) is 74.1 Å². The van der Waals surface area contributed by atoms with Gasteiger partial charge >= 0.3 is 5.97 Å². The van der Waals surface area contributed by atoms with Gasteiger partial charge in [-0.25, -0.2) is 20.8 Å². The van der Waals surface area contributed by atoms with Crippen molar-refractivity contribution < 1.29 is 19.1 Å². The second-order valence-corrected chi connectivity index (χ2v) is 11.7. The van der Waals surface area contributed by atoms with Crippen LogP contribution in [0, 0.1) is 6.92 Å². The number of H-pyrrole nitrogens is 2. The van der Waals surface area contributed by atoms with Crippen molar-refractivity contribution in [2.24, 2.45) is 5.84 Å². The minimum atomic E-state index is -0.623. The summed E-state index contributed by atoms with van der Waals surface area (Å²) in [6.07, 6.45) is 3.14. The smallest absolute Gasteiger partial charge is 0.305 e. The number of hydrazine groups is 1. The first kappa shape index (κ1) is 29.3. The summed E-state index contributed by atoms with van der Waals surface area (Å²) in [5.74, 6) is 4.21. The maximum absolute atomic E-state index is 13.8. The third-order valence-corrected chi connectivity index (χ3v) is 9.40. The van der Waals surface area contributed by atoms with E-state index in [4.69, 9.17) is 20.5 Å². The number of nitrogens with one attached hydrogen (secondary N) is 2. The Hall–Kier alpha value is -4.83. The molecule has 0 spiro atoms. The molecule has 2 amide bonds. The highest BCUT2D eigenvalue weighted by molar-refractivity contribution is 6.23. The van der Waals surface area contributed by atoms with Crippen molar-refractivity contribution in [2.45, 2.75) is 65.7 Å². The van der Waals surface area contributed by atoms with Gasteiger partial charge in [0.1, 0.15) is 0 Å². The molecule has 44 heavy (non-hydrogen) atoms. The molecule has 2 aromatic rings. The first-order valence-corrected chi connectivity index (χ1v) is 14.8. The molecule has 4 aliphatic rings. The van der Waals surface area contributed by atoms with Crippen molar-refractivity contribution >= 4 is 51.1 Å². The number of rotatable bonds is 5. The summed E-state index contributed by atoms with van der Waals surface area (Å²) in [6, 6.07) is 5.92. The van der Waals surface area contributed by atoms with Crippen LogP contribution in [0.25, 0.3) is 33.3 Å². The van der Waals surface area contributed by atoms with Gasteiger partial charge in [-0.15, -0.1) is 0 Å². The Morgan fingerprint density at radius 3 is 2.39 bits per heavy atom. The molecule has 0 saturated carbocycles. The zero-order chi connectivity index (χ0) is 31.6. The third-order valence-electron chi connectivity index (χ3n) is 9.40. The highest BCUT2D eigenvalue weighted by atomic mass is 16.5. The maximum Gasteiger partial charge on any atom is 0.305 e. The van der Waals surface area contributed by atoms with Gasteiger partial charge in [0.25, 0.3) is 11.8 Å². The Bertz CT molecular complexity index is 1940. The first-order valence-electron chi connectivity index (χ1n) is 14.8. The van der Waals surface area contributed by atoms with Crippen LogP contribution in [0.15, 0.2) is 30.9 Å². The van der Waals surface area contributed by atoms with Crippen molar-refractivity contribution in [3.8, 4) is 0 Å². The van der Waals surface area contributed by atoms with E-state index in [0.717, 1.165) is 57.2 Å². The minimum Gasteiger partial charge on any atom is -0.469 e. The molecule has 4 N–H and O–H groups in total. The Balaban J connectivity index is 1.79. The van der Waals surface area contributed by atoms with E-state index in [0.29, 0.717) is 39.3 Å². The normalized spacial score (nSPS) is 18.7. The van der Waals surface area contributed by atoms with Crippen LogP contribution >= 0.6 is 0 Å². The molecule has 0 radical (unpaired) electrons. The van der Waals surface area contributed by atoms with E-state index in [1.807, 2.05) is 45.0 Å². The number of carbonyl (C=O) groups excluding carboxylic acids is 3. The predicted molar refractivity (Wildman–Crippen MR) is 170 cm³/mol. The predicted octanol–water partition coefficient (Wildman–Crippen LogP) is 6.11. The quantitative estimate of drug-likeness (QED) is 0.164. The fraction of sp³-hybridized carbons (Fsp3) is 0.324. The molecule has 10 nitrogen and oxygen atoms in total. The Morgan fingerprint density at radius 1 is 1.02 bits per heavy atom. The van der Waals surface area contributed by atoms with Gasteiger partial charge in [0, 0.05) is 40.7 Å². The summed E-state index contributed by atoms with van der Waals surface area (Å²) in [5.41, 5.74) is 10.9. The minimum absolute atomic E-state index is 0.121. The molecule has 0 aliphatic carbocycles. The van der Waals surface area contributed by atoms with Gasteiger partial charge < -0.3 is 14.7 Å². The van der Waals surface area contributed by atoms with Gasteiger partial charge in [0.2, 0.25) is 0 Å². The molecular formula is C34H36N6O4. The Labute approximate surface area is 255 Å². The number of amides is 2. The molecule has 0 fully saturated rings. The number of nitrogens with two attached hydrogens (primary N) is 1. The van der Waals surface area contributed by atoms with Crippen LogP contribution in [-0.2, 0) is 9.53 Å². The van der Waals surface area contributed by atoms with Gasteiger partial charge in [-0.1, -0.05) is 26.5 Å². The second-order valence-electron chi connectivity index (χ2n) is 11.7. The van der Waals surface area contributed by atoms with Crippen LogP contribution in [0.1, 0.15) is 119 Å². The molecule has 0 saturated heterocycles. The highest BCUT2D eigenvalue weighted by Gasteiger charge is 2.39. The van der Waals surface area contributed by atoms with E-state index >= 15 is 0 Å². The number of fused-ring (bicyclic) bond motifs is 8. The van der Waals surface area contributed by atoms with Crippen molar-refractivity contribution in [3.05, 3.63) is 81.7 Å². The van der Waals surface area contributed by atoms with Crippen molar-refractivity contribution in [3.63, 3.8) is 0 Å². The van der Waals surface area contributed by atoms with Crippen LogP contribution in [0.4, 0.5) is 0 Å². The zero-order valence-electron chi connectivity index (χ0n) is 25.8. The van der Waals surface area contributed by atoms with E-state index in [2.05, 4.69) is 30.4 Å². The number of aromatic nitrogens is 4. The lowest BCUT2D eigenvalue weighted by molar-refractivity contribution is -0.140. The van der Waals surface area contributed by atoms with Gasteiger partial charge in [-0.3, -0.25) is 14.4 Å². The van der Waals surface area contributed by atoms with Gasteiger partial charge in [0.05, 0.1) is 46.5 Å². The third kappa shape index (κ3) is 4.31. The molecule has 226 valence electrons. The number of esters is 1. The number of methoxy groups -OCH3 is 1. The SMILES string of the molecule is C=CC1=C(C)c2cc3[nH]c(c4c5[nH]c(cc6nc(cc1n2)C(C)=C6CC)c(C)c5C(=O)N(N)C4=O)[C@@H](CCC(=O)OC)[C@@H]3C. The Kier molecular flexibility index (Phi) is 7.12. The number of hydrogen-bond acceptors (Lipinski definition) is 7. The lowest BCUT2D eigenvalue weighted by Gasteiger charge is -2.23. The van der Waals surface area contributed by atoms with Crippen LogP contribution in [0.3, 0.4) is 0 Å². The van der Waals surface area contributed by atoms with Crippen LogP contribution in [0.2, 0.25) is 0 Å². The van der Waals surface area contributed by atoms with Gasteiger partial charge in [0.15, 0.2) is 0 Å². The average molecular weight is 593 g/mol. The summed E-state index contributed by atoms with van der Waals surface area (Å²) < 4.78 is 4.93. The van der Waals surface area contributed by atoms with E-state index in [9.17, 15) is 14.4 Å². The van der Waals surface area contributed by atoms with E-state index in [-0.39, 0.29) is 29.8 Å². The number of nitrogens with zero attached hydrogens (tertiary/aromatic N) is 3. The highest BCUT2D eigenvalue weighted by Crippen LogP contribution is 2.44. The number of carbonyl (C=O) groups is 3. The topological polar surface area (TPSA) is 147 Å². The molecule has 2 atom stereocenters. The number of aryl methyl sites for hydroxylation is 1. The van der Waals surface area contributed by atoms with E-state index in [1.54, 1.807) is 0 Å². The average Bonchev–Trinajstić information content (AvgIpc) is 3.68. The fourth-order valence-corrected chi connectivity index (χ4v) is 6.78. The number of hydrogen-bond donors (Lipinski definition) is 3. The summed E-state index contributed by atoms with van der Waals surface area (Å²) in [6.45, 7) is 14.1. The molecule has 6 rings (SSSR count). The van der Waals surface area contributed by atoms with Crippen molar-refractivity contribution in [1.29, 1.82) is 0 Å². The molecule has 4 aliphatic heterocycles. The lowest BCUT2D eigenvalue weighted by Crippen LogP contribution is -2.45. The first-order chi connectivity index (χ1) is 21.0. The molecular weight excluding hydrogens is 556 g/mol. The number of ether oxygens (including phenoxy) is 1. The van der Waals surface area contributed by atoms with Gasteiger partial charge in [-0.2, -0.15) is 0 Å². The van der Waals surface area contributed by atoms with E-state index < -0.39 is 11.8 Å². The van der Waals surface area contributed by atoms with Crippen LogP contribution < -0.4 is 5.84 Å². The van der Waals surface area contributed by atoms with Crippen LogP contribution in [0.5, 0.6) is 0 Å². The van der Waals surface area contributed by atoms with E-state index in [1.165, 1.54) is 7.11 Å². The second kappa shape index (κ2) is 10.7. The standard InChI is InChI=1S/C34H36N6O4/c1-8-19-15(3)22-12-24-17(5)21(10-11-28(41)44-7)31(38-24)30-32-29(33(42)40(35)34(30)43)18(6)25(39-32)14-27-20(9-2)16(4)23(37-27)13-26(19)36-22/h8,12-14,17,21,38-39H,1,9-11,35H2,2-7H3/t17-,21-/m0/s1. The zero-order valence-corrected chi connectivity index (χ0v) is 25.8. The molecule has 10 heteroatoms. The summed E-state index contributed by atoms with van der Waals surface area (Å²) in [5, 5.41) is 0.676. The number of imide groups is 1. The lowest BCUT2D eigenvalue weighted by atomic mass is 9.84. The summed E-state index contributed by atoms with van der Waals surface area (Å²) in [4.78, 5) is 56.4. The number of allylic oxidation sites excluding steroid dienone is 5. The summed E-state index contributed by atoms with van der Waals surface area (Å²) >= 11 is 0. The Morgan fingerprint density at radius 2 is 1.70 bits per heavy atom. The largest absolute Gasteiger partial charge is 0.469 e. The molecule has 6 heterocycles. The molecule has 0 aromatic carbocycles. The monoisotopic (exact) mass is 592 g/mol. The maximum atomic E-state index is 13.8. The van der Waals surface area contributed by atoms with Crippen molar-refractivity contribution in [1.82, 2.24) is 24.9 Å². The molecule has 2 aromatic heterocycles. The number of aromatic amines is 2. The summed E-state index contributed by atoms with van der Waals surface area (Å²) in [7, 11) is 1.36. The molecule has 8 bridgehead atoms. The molecule has 0 unspecified atom stereocenters. The fourth-order valence-electron chi connectivity index (χ4n) is 6.78. The van der Waals surface area contributed by atoms with Crippen molar-refractivity contribution in [2.75, 3.05) is 7.11 Å². The van der Waals surface area contributed by atoms with Crippen LogP contribution in [-0.4, -0.2) is 49.8 Å².